The fourth-order valence-electron chi connectivity index (χ4n) is 4.02. The molecule has 9 nitrogen and oxygen atoms in total. The zero-order chi connectivity index (χ0) is 24.4. The maximum atomic E-state index is 13.4. The molecule has 0 aliphatic carbocycles. The average molecular weight is 463 g/mol. The monoisotopic (exact) mass is 462 g/mol. The van der Waals surface area contributed by atoms with Gasteiger partial charge in [0.15, 0.2) is 0 Å². The molecule has 0 radical (unpaired) electrons. The van der Waals surface area contributed by atoms with Crippen LogP contribution in [-0.2, 0) is 11.3 Å². The van der Waals surface area contributed by atoms with Gasteiger partial charge in [-0.1, -0.05) is 12.1 Å². The fourth-order valence-corrected chi connectivity index (χ4v) is 4.02. The molecule has 3 aromatic rings. The standard InChI is InChI=1S/C25H26N4O5/c1-15(2)29(14-21-26-20-8-5-4-7-18(20)22(30)27-21)23(31)16-9-10-17-19(13-16)25(33)28(24(17)32)11-6-12-34-3/h4-5,7-10,13,15H,6,11-12,14H2,1-3H3,(H,26,27,30). The zero-order valence-electron chi connectivity index (χ0n) is 19.3. The predicted octanol–water partition coefficient (Wildman–Crippen LogP) is 2.61. The van der Waals surface area contributed by atoms with E-state index in [0.717, 1.165) is 0 Å². The van der Waals surface area contributed by atoms with Gasteiger partial charge in [0.25, 0.3) is 23.3 Å². The summed E-state index contributed by atoms with van der Waals surface area (Å²) in [5.74, 6) is -0.745. The van der Waals surface area contributed by atoms with Crippen LogP contribution in [0.25, 0.3) is 10.9 Å². The minimum absolute atomic E-state index is 0.0870. The van der Waals surface area contributed by atoms with E-state index in [-0.39, 0.29) is 53.2 Å². The van der Waals surface area contributed by atoms with Crippen molar-refractivity contribution in [1.82, 2.24) is 19.8 Å². The van der Waals surface area contributed by atoms with E-state index in [1.165, 1.54) is 17.0 Å². The highest BCUT2D eigenvalue weighted by Crippen LogP contribution is 2.25. The van der Waals surface area contributed by atoms with Crippen molar-refractivity contribution in [2.24, 2.45) is 0 Å². The number of H-pyrrole nitrogens is 1. The quantitative estimate of drug-likeness (QED) is 0.407. The number of benzene rings is 2. The Balaban J connectivity index is 1.60. The van der Waals surface area contributed by atoms with Crippen LogP contribution in [0.15, 0.2) is 47.3 Å². The number of nitrogens with one attached hydrogen (secondary N) is 1. The molecule has 0 fully saturated rings. The summed E-state index contributed by atoms with van der Waals surface area (Å²) in [6, 6.07) is 11.3. The van der Waals surface area contributed by atoms with Gasteiger partial charge in [0, 0.05) is 31.9 Å². The first kappa shape index (κ1) is 23.3. The van der Waals surface area contributed by atoms with Gasteiger partial charge in [-0.3, -0.25) is 24.1 Å². The second-order valence-corrected chi connectivity index (χ2v) is 8.43. The van der Waals surface area contributed by atoms with Crippen molar-refractivity contribution in [1.29, 1.82) is 0 Å². The first-order valence-electron chi connectivity index (χ1n) is 11.1. The number of nitrogens with zero attached hydrogens (tertiary/aromatic N) is 3. The summed E-state index contributed by atoms with van der Waals surface area (Å²) >= 11 is 0. The summed E-state index contributed by atoms with van der Waals surface area (Å²) in [4.78, 5) is 61.3. The number of hydrogen-bond acceptors (Lipinski definition) is 6. The lowest BCUT2D eigenvalue weighted by Crippen LogP contribution is -2.37. The zero-order valence-corrected chi connectivity index (χ0v) is 19.3. The van der Waals surface area contributed by atoms with Gasteiger partial charge in [-0.05, 0) is 50.6 Å². The largest absolute Gasteiger partial charge is 0.385 e. The van der Waals surface area contributed by atoms with Gasteiger partial charge in [-0.2, -0.15) is 0 Å². The molecule has 2 heterocycles. The van der Waals surface area contributed by atoms with E-state index in [2.05, 4.69) is 9.97 Å². The number of rotatable bonds is 8. The molecule has 0 saturated carbocycles. The van der Waals surface area contributed by atoms with E-state index in [1.54, 1.807) is 42.3 Å². The Bertz CT molecular complexity index is 1330. The van der Waals surface area contributed by atoms with E-state index < -0.39 is 5.91 Å². The van der Waals surface area contributed by atoms with E-state index in [9.17, 15) is 19.2 Å². The highest BCUT2D eigenvalue weighted by atomic mass is 16.5. The molecule has 176 valence electrons. The fraction of sp³-hybridized carbons (Fsp3) is 0.320. The summed E-state index contributed by atoms with van der Waals surface area (Å²) < 4.78 is 5.00. The number of carbonyl (C=O) groups excluding carboxylic acids is 3. The van der Waals surface area contributed by atoms with Crippen molar-refractivity contribution in [3.63, 3.8) is 0 Å². The molecule has 0 unspecified atom stereocenters. The third kappa shape index (κ3) is 4.34. The van der Waals surface area contributed by atoms with Gasteiger partial charge in [0.05, 0.1) is 28.6 Å². The van der Waals surface area contributed by atoms with E-state index >= 15 is 0 Å². The van der Waals surface area contributed by atoms with E-state index in [1.807, 2.05) is 13.8 Å². The molecule has 0 saturated heterocycles. The Hall–Kier alpha value is -3.85. The Morgan fingerprint density at radius 2 is 1.82 bits per heavy atom. The Morgan fingerprint density at radius 3 is 2.56 bits per heavy atom. The maximum absolute atomic E-state index is 13.4. The first-order valence-corrected chi connectivity index (χ1v) is 11.1. The molecule has 4 rings (SSSR count). The van der Waals surface area contributed by atoms with Crippen LogP contribution in [0.3, 0.4) is 0 Å². The Kier molecular flexibility index (Phi) is 6.56. The van der Waals surface area contributed by atoms with Gasteiger partial charge in [0.2, 0.25) is 0 Å². The number of para-hydroxylation sites is 1. The summed E-state index contributed by atoms with van der Waals surface area (Å²) in [6.07, 6.45) is 0.534. The number of hydrogen-bond donors (Lipinski definition) is 1. The molecule has 9 heteroatoms. The van der Waals surface area contributed by atoms with Crippen LogP contribution in [0, 0.1) is 0 Å². The maximum Gasteiger partial charge on any atom is 0.261 e. The molecule has 1 N–H and O–H groups in total. The van der Waals surface area contributed by atoms with E-state index in [0.29, 0.717) is 29.8 Å². The summed E-state index contributed by atoms with van der Waals surface area (Å²) in [6.45, 7) is 4.49. The lowest BCUT2D eigenvalue weighted by molar-refractivity contribution is 0.0637. The van der Waals surface area contributed by atoms with Crippen LogP contribution < -0.4 is 5.56 Å². The van der Waals surface area contributed by atoms with Crippen molar-refractivity contribution in [2.75, 3.05) is 20.3 Å². The molecule has 0 bridgehead atoms. The van der Waals surface area contributed by atoms with Crippen molar-refractivity contribution >= 4 is 28.6 Å². The second-order valence-electron chi connectivity index (χ2n) is 8.43. The number of imide groups is 1. The van der Waals surface area contributed by atoms with Crippen LogP contribution in [0.5, 0.6) is 0 Å². The van der Waals surface area contributed by atoms with Crippen molar-refractivity contribution in [3.05, 3.63) is 75.3 Å². The topological polar surface area (TPSA) is 113 Å². The van der Waals surface area contributed by atoms with Crippen molar-refractivity contribution < 1.29 is 19.1 Å². The normalized spacial score (nSPS) is 13.1. The molecule has 1 aromatic heterocycles. The first-order chi connectivity index (χ1) is 16.3. The number of amides is 3. The molecule has 1 aliphatic rings. The van der Waals surface area contributed by atoms with Gasteiger partial charge in [0.1, 0.15) is 5.82 Å². The van der Waals surface area contributed by atoms with Crippen LogP contribution in [0.4, 0.5) is 0 Å². The van der Waals surface area contributed by atoms with Crippen LogP contribution >= 0.6 is 0 Å². The van der Waals surface area contributed by atoms with Gasteiger partial charge in [-0.15, -0.1) is 0 Å². The van der Waals surface area contributed by atoms with Gasteiger partial charge >= 0.3 is 0 Å². The van der Waals surface area contributed by atoms with Crippen LogP contribution in [-0.4, -0.2) is 63.8 Å². The SMILES string of the molecule is COCCCN1C(=O)c2ccc(C(=O)N(Cc3nc4ccccc4c(=O)[nH]3)C(C)C)cc2C1=O. The highest BCUT2D eigenvalue weighted by Gasteiger charge is 2.36. The summed E-state index contributed by atoms with van der Waals surface area (Å²) in [5.41, 5.74) is 1.07. The molecule has 34 heavy (non-hydrogen) atoms. The summed E-state index contributed by atoms with van der Waals surface area (Å²) in [7, 11) is 1.56. The highest BCUT2D eigenvalue weighted by molar-refractivity contribution is 6.22. The lowest BCUT2D eigenvalue weighted by atomic mass is 10.0. The van der Waals surface area contributed by atoms with Crippen LogP contribution in [0.1, 0.15) is 57.2 Å². The second kappa shape index (κ2) is 9.56. The Labute approximate surface area is 196 Å². The smallest absolute Gasteiger partial charge is 0.261 e. The summed E-state index contributed by atoms with van der Waals surface area (Å²) in [5, 5.41) is 0.477. The molecule has 0 spiro atoms. The molecule has 3 amide bonds. The number of methoxy groups -OCH3 is 1. The lowest BCUT2D eigenvalue weighted by Gasteiger charge is -2.26. The third-order valence-electron chi connectivity index (χ3n) is 5.81. The van der Waals surface area contributed by atoms with Crippen molar-refractivity contribution in [2.45, 2.75) is 32.9 Å². The number of fused-ring (bicyclic) bond motifs is 2. The third-order valence-corrected chi connectivity index (χ3v) is 5.81. The van der Waals surface area contributed by atoms with Gasteiger partial charge < -0.3 is 14.6 Å². The Morgan fingerprint density at radius 1 is 1.09 bits per heavy atom. The number of aromatic nitrogens is 2. The van der Waals surface area contributed by atoms with Crippen LogP contribution in [0.2, 0.25) is 0 Å². The van der Waals surface area contributed by atoms with Gasteiger partial charge in [-0.25, -0.2) is 4.98 Å². The van der Waals surface area contributed by atoms with E-state index in [4.69, 9.17) is 4.74 Å². The predicted molar refractivity (Wildman–Crippen MR) is 126 cm³/mol. The molecule has 0 atom stereocenters. The number of ether oxygens (including phenoxy) is 1. The molecule has 2 aromatic carbocycles. The minimum Gasteiger partial charge on any atom is -0.385 e. The average Bonchev–Trinajstić information content (AvgIpc) is 3.06. The molecular formula is C25H26N4O5. The minimum atomic E-state index is -0.414. The molecular weight excluding hydrogens is 436 g/mol. The number of carbonyl (C=O) groups is 3. The molecule has 1 aliphatic heterocycles. The van der Waals surface area contributed by atoms with Crippen molar-refractivity contribution in [3.8, 4) is 0 Å². The number of aromatic amines is 1.